The Kier molecular flexibility index (Phi) is 5.59. The SMILES string of the molecule is CN1CCC(N2CCC(NC(=O)Cc3cccc(Cl)c3F)CC2)C1=O. The van der Waals surface area contributed by atoms with E-state index in [1.165, 1.54) is 6.07 Å². The van der Waals surface area contributed by atoms with E-state index in [0.717, 1.165) is 38.9 Å². The monoisotopic (exact) mass is 367 g/mol. The van der Waals surface area contributed by atoms with Crippen LogP contribution in [0.1, 0.15) is 24.8 Å². The first kappa shape index (κ1) is 18.1. The number of likely N-dealkylation sites (tertiary alicyclic amines) is 2. The molecule has 2 amide bonds. The molecule has 0 aliphatic carbocycles. The van der Waals surface area contributed by atoms with E-state index >= 15 is 0 Å². The minimum atomic E-state index is -0.530. The van der Waals surface area contributed by atoms with Crippen molar-refractivity contribution in [1.82, 2.24) is 15.1 Å². The molecule has 7 heteroatoms. The van der Waals surface area contributed by atoms with Crippen LogP contribution in [-0.2, 0) is 16.0 Å². The Morgan fingerprint density at radius 2 is 2.00 bits per heavy atom. The number of nitrogens with one attached hydrogen (secondary N) is 1. The fourth-order valence-electron chi connectivity index (χ4n) is 3.63. The molecule has 0 saturated carbocycles. The number of halogens is 2. The van der Waals surface area contributed by atoms with Crippen molar-refractivity contribution in [2.24, 2.45) is 0 Å². The molecule has 1 aromatic carbocycles. The molecule has 2 aliphatic rings. The van der Waals surface area contributed by atoms with Crippen molar-refractivity contribution < 1.29 is 14.0 Å². The van der Waals surface area contributed by atoms with Crippen LogP contribution >= 0.6 is 11.6 Å². The van der Waals surface area contributed by atoms with Gasteiger partial charge in [0, 0.05) is 32.7 Å². The number of carbonyl (C=O) groups excluding carboxylic acids is 2. The van der Waals surface area contributed by atoms with Gasteiger partial charge in [0.05, 0.1) is 17.5 Å². The van der Waals surface area contributed by atoms with Gasteiger partial charge in [-0.2, -0.15) is 0 Å². The topological polar surface area (TPSA) is 52.6 Å². The summed E-state index contributed by atoms with van der Waals surface area (Å²) >= 11 is 5.75. The fourth-order valence-corrected chi connectivity index (χ4v) is 3.83. The molecule has 1 atom stereocenters. The van der Waals surface area contributed by atoms with Crippen molar-refractivity contribution >= 4 is 23.4 Å². The lowest BCUT2D eigenvalue weighted by molar-refractivity contribution is -0.131. The predicted octanol–water partition coefficient (Wildman–Crippen LogP) is 1.83. The van der Waals surface area contributed by atoms with Crippen LogP contribution in [0.5, 0.6) is 0 Å². The van der Waals surface area contributed by atoms with Crippen molar-refractivity contribution in [3.05, 3.63) is 34.6 Å². The molecule has 2 fully saturated rings. The molecule has 2 saturated heterocycles. The van der Waals surface area contributed by atoms with Crippen molar-refractivity contribution in [1.29, 1.82) is 0 Å². The third-order valence-corrected chi connectivity index (χ3v) is 5.41. The standard InChI is InChI=1S/C18H23ClFN3O2/c1-22-8-7-15(18(22)25)23-9-5-13(6-10-23)21-16(24)11-12-3-2-4-14(19)17(12)20/h2-4,13,15H,5-11H2,1H3,(H,21,24). The van der Waals surface area contributed by atoms with E-state index in [-0.39, 0.29) is 35.3 Å². The van der Waals surface area contributed by atoms with Crippen molar-refractivity contribution in [2.75, 3.05) is 26.7 Å². The highest BCUT2D eigenvalue weighted by atomic mass is 35.5. The van der Waals surface area contributed by atoms with Crippen LogP contribution in [0.4, 0.5) is 4.39 Å². The quantitative estimate of drug-likeness (QED) is 0.883. The van der Waals surface area contributed by atoms with Gasteiger partial charge in [-0.3, -0.25) is 14.5 Å². The van der Waals surface area contributed by atoms with Crippen LogP contribution in [0, 0.1) is 5.82 Å². The van der Waals surface area contributed by atoms with E-state index in [9.17, 15) is 14.0 Å². The Labute approximate surface area is 152 Å². The Bertz CT molecular complexity index is 662. The molecule has 2 heterocycles. The second kappa shape index (κ2) is 7.70. The van der Waals surface area contributed by atoms with Crippen LogP contribution in [0.15, 0.2) is 18.2 Å². The fraction of sp³-hybridized carbons (Fsp3) is 0.556. The Hall–Kier alpha value is -1.66. The van der Waals surface area contributed by atoms with E-state index < -0.39 is 5.82 Å². The maximum Gasteiger partial charge on any atom is 0.239 e. The van der Waals surface area contributed by atoms with Crippen LogP contribution in [0.3, 0.4) is 0 Å². The number of rotatable bonds is 4. The van der Waals surface area contributed by atoms with Crippen LogP contribution in [-0.4, -0.2) is 60.4 Å². The molecule has 136 valence electrons. The molecule has 25 heavy (non-hydrogen) atoms. The normalized spacial score (nSPS) is 22.4. The van der Waals surface area contributed by atoms with Gasteiger partial charge in [-0.05, 0) is 30.9 Å². The first-order chi connectivity index (χ1) is 12.0. The first-order valence-electron chi connectivity index (χ1n) is 8.67. The first-order valence-corrected chi connectivity index (χ1v) is 9.05. The molecule has 0 spiro atoms. The van der Waals surface area contributed by atoms with Gasteiger partial charge >= 0.3 is 0 Å². The third kappa shape index (κ3) is 4.12. The molecular weight excluding hydrogens is 345 g/mol. The highest BCUT2D eigenvalue weighted by molar-refractivity contribution is 6.30. The Morgan fingerprint density at radius 3 is 2.64 bits per heavy atom. The summed E-state index contributed by atoms with van der Waals surface area (Å²) in [7, 11) is 1.84. The van der Waals surface area contributed by atoms with Gasteiger partial charge < -0.3 is 10.2 Å². The molecule has 5 nitrogen and oxygen atoms in total. The highest BCUT2D eigenvalue weighted by Crippen LogP contribution is 2.21. The van der Waals surface area contributed by atoms with E-state index in [2.05, 4.69) is 10.2 Å². The van der Waals surface area contributed by atoms with Gasteiger partial charge in [-0.25, -0.2) is 4.39 Å². The summed E-state index contributed by atoms with van der Waals surface area (Å²) in [4.78, 5) is 28.3. The Morgan fingerprint density at radius 1 is 1.28 bits per heavy atom. The molecule has 0 bridgehead atoms. The predicted molar refractivity (Wildman–Crippen MR) is 93.9 cm³/mol. The molecule has 1 unspecified atom stereocenters. The largest absolute Gasteiger partial charge is 0.353 e. The minimum absolute atomic E-state index is 0.0118. The van der Waals surface area contributed by atoms with Crippen LogP contribution in [0.2, 0.25) is 5.02 Å². The number of likely N-dealkylation sites (N-methyl/N-ethyl adjacent to an activating group) is 1. The summed E-state index contributed by atoms with van der Waals surface area (Å²) in [5.41, 5.74) is 0.307. The van der Waals surface area contributed by atoms with Crippen molar-refractivity contribution in [2.45, 2.75) is 37.8 Å². The molecule has 1 N–H and O–H groups in total. The number of nitrogens with zero attached hydrogens (tertiary/aromatic N) is 2. The molecule has 0 aromatic heterocycles. The number of amides is 2. The summed E-state index contributed by atoms with van der Waals surface area (Å²) in [6, 6.07) is 4.74. The lowest BCUT2D eigenvalue weighted by Gasteiger charge is -2.35. The third-order valence-electron chi connectivity index (χ3n) is 5.12. The minimum Gasteiger partial charge on any atom is -0.353 e. The number of hydrogen-bond acceptors (Lipinski definition) is 3. The van der Waals surface area contributed by atoms with Crippen LogP contribution in [0.25, 0.3) is 0 Å². The lowest BCUT2D eigenvalue weighted by Crippen LogP contribution is -2.50. The zero-order chi connectivity index (χ0) is 18.0. The maximum atomic E-state index is 13.9. The highest BCUT2D eigenvalue weighted by Gasteiger charge is 2.35. The molecule has 3 rings (SSSR count). The number of benzene rings is 1. The zero-order valence-corrected chi connectivity index (χ0v) is 15.1. The smallest absolute Gasteiger partial charge is 0.239 e. The summed E-state index contributed by atoms with van der Waals surface area (Å²) in [6.07, 6.45) is 2.47. The second-order valence-corrected chi connectivity index (χ2v) is 7.24. The number of piperidine rings is 1. The summed E-state index contributed by atoms with van der Waals surface area (Å²) in [5, 5.41) is 3.01. The number of carbonyl (C=O) groups is 2. The average molecular weight is 368 g/mol. The summed E-state index contributed by atoms with van der Waals surface area (Å²) in [5.74, 6) is -0.534. The molecule has 1 aromatic rings. The Balaban J connectivity index is 1.48. The summed E-state index contributed by atoms with van der Waals surface area (Å²) < 4.78 is 13.9. The van der Waals surface area contributed by atoms with Gasteiger partial charge in [-0.15, -0.1) is 0 Å². The molecular formula is C18H23ClFN3O2. The molecule has 2 aliphatic heterocycles. The van der Waals surface area contributed by atoms with Crippen LogP contribution < -0.4 is 5.32 Å². The van der Waals surface area contributed by atoms with Gasteiger partial charge in [0.2, 0.25) is 11.8 Å². The maximum absolute atomic E-state index is 13.9. The average Bonchev–Trinajstić information content (AvgIpc) is 2.92. The van der Waals surface area contributed by atoms with Gasteiger partial charge in [0.1, 0.15) is 5.82 Å². The zero-order valence-electron chi connectivity index (χ0n) is 14.3. The number of hydrogen-bond donors (Lipinski definition) is 1. The van der Waals surface area contributed by atoms with E-state index in [4.69, 9.17) is 11.6 Å². The van der Waals surface area contributed by atoms with Crippen molar-refractivity contribution in [3.63, 3.8) is 0 Å². The van der Waals surface area contributed by atoms with E-state index in [1.807, 2.05) is 7.05 Å². The van der Waals surface area contributed by atoms with E-state index in [1.54, 1.807) is 17.0 Å². The molecule has 0 radical (unpaired) electrons. The van der Waals surface area contributed by atoms with E-state index in [0.29, 0.717) is 5.56 Å². The van der Waals surface area contributed by atoms with Gasteiger partial charge in [0.15, 0.2) is 0 Å². The summed E-state index contributed by atoms with van der Waals surface area (Å²) in [6.45, 7) is 2.40. The van der Waals surface area contributed by atoms with Gasteiger partial charge in [0.25, 0.3) is 0 Å². The van der Waals surface area contributed by atoms with Gasteiger partial charge in [-0.1, -0.05) is 23.7 Å². The lowest BCUT2D eigenvalue weighted by atomic mass is 10.0. The van der Waals surface area contributed by atoms with Crippen molar-refractivity contribution in [3.8, 4) is 0 Å². The second-order valence-electron chi connectivity index (χ2n) is 6.83.